The molecule has 0 aliphatic heterocycles. The first-order valence-electron chi connectivity index (χ1n) is 6.28. The van der Waals surface area contributed by atoms with E-state index in [0.717, 1.165) is 13.1 Å². The smallest absolute Gasteiger partial charge is 0.303 e. The standard InChI is InChI=1S/C14H21NO3/c1-2-15(10-12-6-4-3-5-7-12)11-13(16)8-9-14(17)18/h3-7,13,16H,2,8-11H2,1H3,(H,17,18). The second kappa shape index (κ2) is 7.84. The molecule has 1 aromatic rings. The molecule has 1 rings (SSSR count). The molecule has 0 saturated heterocycles. The van der Waals surface area contributed by atoms with Crippen LogP contribution >= 0.6 is 0 Å². The average molecular weight is 251 g/mol. The first-order valence-corrected chi connectivity index (χ1v) is 6.28. The maximum absolute atomic E-state index is 10.4. The second-order valence-electron chi connectivity index (χ2n) is 4.40. The van der Waals surface area contributed by atoms with Gasteiger partial charge in [-0.25, -0.2) is 0 Å². The monoisotopic (exact) mass is 251 g/mol. The van der Waals surface area contributed by atoms with Gasteiger partial charge in [-0.1, -0.05) is 37.3 Å². The Hall–Kier alpha value is -1.39. The topological polar surface area (TPSA) is 60.8 Å². The maximum atomic E-state index is 10.4. The molecule has 4 nitrogen and oxygen atoms in total. The molecule has 1 aromatic carbocycles. The third kappa shape index (κ3) is 5.80. The molecule has 0 aliphatic carbocycles. The highest BCUT2D eigenvalue weighted by Crippen LogP contribution is 2.07. The van der Waals surface area contributed by atoms with Gasteiger partial charge in [-0.05, 0) is 18.5 Å². The van der Waals surface area contributed by atoms with Crippen LogP contribution in [0.3, 0.4) is 0 Å². The Kier molecular flexibility index (Phi) is 6.39. The predicted molar refractivity (Wildman–Crippen MR) is 70.3 cm³/mol. The lowest BCUT2D eigenvalue weighted by Gasteiger charge is -2.23. The van der Waals surface area contributed by atoms with Crippen LogP contribution < -0.4 is 0 Å². The minimum Gasteiger partial charge on any atom is -0.481 e. The summed E-state index contributed by atoms with van der Waals surface area (Å²) in [6.45, 7) is 4.16. The van der Waals surface area contributed by atoms with Gasteiger partial charge in [-0.15, -0.1) is 0 Å². The van der Waals surface area contributed by atoms with Crippen LogP contribution in [0.15, 0.2) is 30.3 Å². The van der Waals surface area contributed by atoms with E-state index < -0.39 is 12.1 Å². The second-order valence-corrected chi connectivity index (χ2v) is 4.40. The third-order valence-electron chi connectivity index (χ3n) is 2.86. The van der Waals surface area contributed by atoms with Gasteiger partial charge in [0.25, 0.3) is 0 Å². The molecule has 1 unspecified atom stereocenters. The first-order chi connectivity index (χ1) is 8.61. The van der Waals surface area contributed by atoms with E-state index in [-0.39, 0.29) is 6.42 Å². The molecule has 0 heterocycles. The van der Waals surface area contributed by atoms with Crippen molar-refractivity contribution in [3.05, 3.63) is 35.9 Å². The van der Waals surface area contributed by atoms with Crippen molar-refractivity contribution in [2.75, 3.05) is 13.1 Å². The summed E-state index contributed by atoms with van der Waals surface area (Å²) in [5.74, 6) is -0.861. The average Bonchev–Trinajstić information content (AvgIpc) is 2.37. The zero-order valence-electron chi connectivity index (χ0n) is 10.7. The highest BCUT2D eigenvalue weighted by molar-refractivity contribution is 5.66. The fourth-order valence-electron chi connectivity index (χ4n) is 1.83. The van der Waals surface area contributed by atoms with Gasteiger partial charge in [0.05, 0.1) is 6.10 Å². The molecule has 0 amide bonds. The molecule has 0 saturated carbocycles. The molecule has 0 spiro atoms. The number of aliphatic carboxylic acids is 1. The normalized spacial score (nSPS) is 12.6. The molecule has 1 atom stereocenters. The number of carbonyl (C=O) groups is 1. The van der Waals surface area contributed by atoms with E-state index in [1.54, 1.807) is 0 Å². The lowest BCUT2D eigenvalue weighted by molar-refractivity contribution is -0.137. The Labute approximate surface area is 108 Å². The summed E-state index contributed by atoms with van der Waals surface area (Å²) in [4.78, 5) is 12.5. The van der Waals surface area contributed by atoms with Crippen LogP contribution in [0.1, 0.15) is 25.3 Å². The van der Waals surface area contributed by atoms with Crippen molar-refractivity contribution >= 4 is 5.97 Å². The van der Waals surface area contributed by atoms with Gasteiger partial charge in [0.2, 0.25) is 0 Å². The van der Waals surface area contributed by atoms with Crippen LogP contribution in [-0.2, 0) is 11.3 Å². The van der Waals surface area contributed by atoms with Crippen LogP contribution in [0.2, 0.25) is 0 Å². The van der Waals surface area contributed by atoms with Crippen molar-refractivity contribution in [3.8, 4) is 0 Å². The van der Waals surface area contributed by atoms with Crippen molar-refractivity contribution in [2.24, 2.45) is 0 Å². The highest BCUT2D eigenvalue weighted by Gasteiger charge is 2.12. The van der Waals surface area contributed by atoms with Gasteiger partial charge < -0.3 is 10.2 Å². The Morgan fingerprint density at radius 3 is 2.56 bits per heavy atom. The first kappa shape index (κ1) is 14.7. The Balaban J connectivity index is 2.39. The van der Waals surface area contributed by atoms with Crippen molar-refractivity contribution in [3.63, 3.8) is 0 Å². The van der Waals surface area contributed by atoms with Gasteiger partial charge in [-0.3, -0.25) is 9.69 Å². The summed E-state index contributed by atoms with van der Waals surface area (Å²) >= 11 is 0. The van der Waals surface area contributed by atoms with E-state index in [0.29, 0.717) is 13.0 Å². The van der Waals surface area contributed by atoms with Gasteiger partial charge >= 0.3 is 5.97 Å². The molecule has 4 heteroatoms. The summed E-state index contributed by atoms with van der Waals surface area (Å²) in [6.07, 6.45) is -0.255. The molecule has 0 aliphatic rings. The minimum atomic E-state index is -0.861. The summed E-state index contributed by atoms with van der Waals surface area (Å²) in [5, 5.41) is 18.3. The van der Waals surface area contributed by atoms with Crippen molar-refractivity contribution < 1.29 is 15.0 Å². The Morgan fingerprint density at radius 2 is 2.00 bits per heavy atom. The summed E-state index contributed by atoms with van der Waals surface area (Å²) in [7, 11) is 0. The van der Waals surface area contributed by atoms with E-state index >= 15 is 0 Å². The van der Waals surface area contributed by atoms with E-state index in [9.17, 15) is 9.90 Å². The number of likely N-dealkylation sites (N-methyl/N-ethyl adjacent to an activating group) is 1. The lowest BCUT2D eigenvalue weighted by atomic mass is 10.1. The number of rotatable bonds is 8. The third-order valence-corrected chi connectivity index (χ3v) is 2.86. The number of benzene rings is 1. The van der Waals surface area contributed by atoms with Crippen LogP contribution in [0, 0.1) is 0 Å². The molecule has 2 N–H and O–H groups in total. The molecule has 18 heavy (non-hydrogen) atoms. The molecular weight excluding hydrogens is 230 g/mol. The molecule has 0 bridgehead atoms. The molecule has 100 valence electrons. The van der Waals surface area contributed by atoms with E-state index in [1.807, 2.05) is 37.3 Å². The minimum absolute atomic E-state index is 0.0179. The molecule has 0 radical (unpaired) electrons. The highest BCUT2D eigenvalue weighted by atomic mass is 16.4. The van der Waals surface area contributed by atoms with Gasteiger partial charge in [0, 0.05) is 19.5 Å². The molecule has 0 aromatic heterocycles. The zero-order chi connectivity index (χ0) is 13.4. The summed E-state index contributed by atoms with van der Waals surface area (Å²) in [6, 6.07) is 10.0. The Morgan fingerprint density at radius 1 is 1.33 bits per heavy atom. The fourth-order valence-corrected chi connectivity index (χ4v) is 1.83. The summed E-state index contributed by atoms with van der Waals surface area (Å²) < 4.78 is 0. The number of hydrogen-bond acceptors (Lipinski definition) is 3. The van der Waals surface area contributed by atoms with Crippen molar-refractivity contribution in [2.45, 2.75) is 32.4 Å². The fraction of sp³-hybridized carbons (Fsp3) is 0.500. The van der Waals surface area contributed by atoms with Crippen LogP contribution in [-0.4, -0.2) is 40.3 Å². The van der Waals surface area contributed by atoms with Gasteiger partial charge in [-0.2, -0.15) is 0 Å². The largest absolute Gasteiger partial charge is 0.481 e. The molecular formula is C14H21NO3. The van der Waals surface area contributed by atoms with Crippen LogP contribution in [0.5, 0.6) is 0 Å². The number of hydrogen-bond donors (Lipinski definition) is 2. The number of aliphatic hydroxyl groups excluding tert-OH is 1. The van der Waals surface area contributed by atoms with Gasteiger partial charge in [0.1, 0.15) is 0 Å². The SMILES string of the molecule is CCN(Cc1ccccc1)CC(O)CCC(=O)O. The van der Waals surface area contributed by atoms with E-state index in [1.165, 1.54) is 5.56 Å². The van der Waals surface area contributed by atoms with Gasteiger partial charge in [0.15, 0.2) is 0 Å². The predicted octanol–water partition coefficient (Wildman–Crippen LogP) is 1.73. The molecule has 0 fully saturated rings. The number of nitrogens with zero attached hydrogens (tertiary/aromatic N) is 1. The number of carboxylic acid groups (broad SMARTS) is 1. The quantitative estimate of drug-likeness (QED) is 0.738. The number of aliphatic hydroxyl groups is 1. The Bertz CT molecular complexity index is 353. The van der Waals surface area contributed by atoms with Crippen molar-refractivity contribution in [1.29, 1.82) is 0 Å². The maximum Gasteiger partial charge on any atom is 0.303 e. The van der Waals surface area contributed by atoms with Crippen LogP contribution in [0.25, 0.3) is 0 Å². The lowest BCUT2D eigenvalue weighted by Crippen LogP contribution is -2.32. The summed E-state index contributed by atoms with van der Waals surface area (Å²) in [5.41, 5.74) is 1.20. The van der Waals surface area contributed by atoms with E-state index in [4.69, 9.17) is 5.11 Å². The zero-order valence-corrected chi connectivity index (χ0v) is 10.7. The van der Waals surface area contributed by atoms with E-state index in [2.05, 4.69) is 4.90 Å². The van der Waals surface area contributed by atoms with Crippen LogP contribution in [0.4, 0.5) is 0 Å². The van der Waals surface area contributed by atoms with Crippen molar-refractivity contribution in [1.82, 2.24) is 4.90 Å². The number of carboxylic acids is 1.